The van der Waals surface area contributed by atoms with E-state index in [1.807, 2.05) is 0 Å². The number of carboxylic acids is 1. The van der Waals surface area contributed by atoms with Crippen LogP contribution in [0, 0.1) is 0 Å². The van der Waals surface area contributed by atoms with Crippen molar-refractivity contribution >= 4 is 11.9 Å². The van der Waals surface area contributed by atoms with Crippen LogP contribution in [0.1, 0.15) is 19.8 Å². The van der Waals surface area contributed by atoms with E-state index in [0.29, 0.717) is 13.0 Å². The zero-order chi connectivity index (χ0) is 11.4. The molecule has 1 rings (SSSR count). The van der Waals surface area contributed by atoms with Gasteiger partial charge in [-0.25, -0.2) is 0 Å². The van der Waals surface area contributed by atoms with Gasteiger partial charge in [0.1, 0.15) is 12.1 Å². The van der Waals surface area contributed by atoms with Gasteiger partial charge < -0.3 is 20.9 Å². The third-order valence-electron chi connectivity index (χ3n) is 2.39. The van der Waals surface area contributed by atoms with E-state index in [-0.39, 0.29) is 12.0 Å². The van der Waals surface area contributed by atoms with Crippen molar-refractivity contribution in [2.24, 2.45) is 5.73 Å². The number of hydrogen-bond acceptors (Lipinski definition) is 4. The summed E-state index contributed by atoms with van der Waals surface area (Å²) in [4.78, 5) is 22.0. The summed E-state index contributed by atoms with van der Waals surface area (Å²) in [6.45, 7) is 1.80. The number of nitrogens with two attached hydrogens (primary N) is 1. The fourth-order valence-electron chi connectivity index (χ4n) is 1.44. The molecule has 0 radical (unpaired) electrons. The summed E-state index contributed by atoms with van der Waals surface area (Å²) >= 11 is 0. The molecule has 0 spiro atoms. The molecule has 0 aromatic rings. The van der Waals surface area contributed by atoms with Crippen LogP contribution in [0.2, 0.25) is 0 Å². The number of rotatable bonds is 4. The first-order valence-electron chi connectivity index (χ1n) is 4.93. The molecule has 1 aliphatic heterocycles. The van der Waals surface area contributed by atoms with Crippen LogP contribution in [0.4, 0.5) is 0 Å². The van der Waals surface area contributed by atoms with Crippen LogP contribution in [0.5, 0.6) is 0 Å². The molecule has 3 atom stereocenters. The standard InChI is InChI=1S/C9H16N2O4/c1-5(9(13)14)11-8(12)7-3-2-6(4-10)15-7/h5-7H,2-4,10H2,1H3,(H,11,12)(H,13,14)/t5-,6?,7?/m0/s1. The number of aliphatic carboxylic acids is 1. The Morgan fingerprint density at radius 3 is 2.73 bits per heavy atom. The van der Waals surface area contributed by atoms with Crippen LogP contribution in [-0.4, -0.2) is 41.8 Å². The molecule has 1 aliphatic rings. The number of nitrogens with one attached hydrogen (secondary N) is 1. The van der Waals surface area contributed by atoms with Gasteiger partial charge in [-0.05, 0) is 19.8 Å². The maximum Gasteiger partial charge on any atom is 0.325 e. The highest BCUT2D eigenvalue weighted by Crippen LogP contribution is 2.18. The lowest BCUT2D eigenvalue weighted by molar-refractivity contribution is -0.143. The highest BCUT2D eigenvalue weighted by Gasteiger charge is 2.31. The largest absolute Gasteiger partial charge is 0.480 e. The predicted molar refractivity (Wildman–Crippen MR) is 52.2 cm³/mol. The Balaban J connectivity index is 2.38. The van der Waals surface area contributed by atoms with Crippen molar-refractivity contribution in [2.75, 3.05) is 6.54 Å². The van der Waals surface area contributed by atoms with Crippen molar-refractivity contribution in [2.45, 2.75) is 38.0 Å². The lowest BCUT2D eigenvalue weighted by atomic mass is 10.2. The monoisotopic (exact) mass is 216 g/mol. The van der Waals surface area contributed by atoms with Gasteiger partial charge in [-0.2, -0.15) is 0 Å². The lowest BCUT2D eigenvalue weighted by Crippen LogP contribution is -2.44. The lowest BCUT2D eigenvalue weighted by Gasteiger charge is -2.14. The van der Waals surface area contributed by atoms with Gasteiger partial charge in [0.25, 0.3) is 0 Å². The Bertz CT molecular complexity index is 256. The zero-order valence-corrected chi connectivity index (χ0v) is 8.60. The summed E-state index contributed by atoms with van der Waals surface area (Å²) in [7, 11) is 0. The summed E-state index contributed by atoms with van der Waals surface area (Å²) < 4.78 is 5.32. The topological polar surface area (TPSA) is 102 Å². The maximum absolute atomic E-state index is 11.5. The molecule has 6 nitrogen and oxygen atoms in total. The summed E-state index contributed by atoms with van der Waals surface area (Å²) in [5, 5.41) is 11.0. The van der Waals surface area contributed by atoms with Gasteiger partial charge in [0, 0.05) is 6.54 Å². The third-order valence-corrected chi connectivity index (χ3v) is 2.39. The maximum atomic E-state index is 11.5. The van der Waals surface area contributed by atoms with Gasteiger partial charge in [-0.1, -0.05) is 0 Å². The molecule has 1 heterocycles. The zero-order valence-electron chi connectivity index (χ0n) is 8.60. The van der Waals surface area contributed by atoms with Crippen LogP contribution in [0.25, 0.3) is 0 Å². The van der Waals surface area contributed by atoms with E-state index in [1.54, 1.807) is 0 Å². The van der Waals surface area contributed by atoms with Gasteiger partial charge in [-0.15, -0.1) is 0 Å². The van der Waals surface area contributed by atoms with Gasteiger partial charge in [0.2, 0.25) is 5.91 Å². The minimum Gasteiger partial charge on any atom is -0.480 e. The second kappa shape index (κ2) is 5.09. The van der Waals surface area contributed by atoms with E-state index in [0.717, 1.165) is 6.42 Å². The van der Waals surface area contributed by atoms with E-state index in [1.165, 1.54) is 6.92 Å². The molecule has 86 valence electrons. The molecule has 6 heteroatoms. The average molecular weight is 216 g/mol. The Morgan fingerprint density at radius 2 is 2.27 bits per heavy atom. The molecule has 4 N–H and O–H groups in total. The fraction of sp³-hybridized carbons (Fsp3) is 0.778. The molecule has 1 saturated heterocycles. The molecule has 15 heavy (non-hydrogen) atoms. The first-order chi connectivity index (χ1) is 7.04. The van der Waals surface area contributed by atoms with Crippen molar-refractivity contribution < 1.29 is 19.4 Å². The molecule has 1 fully saturated rings. The van der Waals surface area contributed by atoms with Crippen LogP contribution in [-0.2, 0) is 14.3 Å². The number of carbonyl (C=O) groups excluding carboxylic acids is 1. The highest BCUT2D eigenvalue weighted by molar-refractivity contribution is 5.86. The molecule has 0 aliphatic carbocycles. The van der Waals surface area contributed by atoms with Crippen molar-refractivity contribution in [3.63, 3.8) is 0 Å². The molecule has 2 unspecified atom stereocenters. The average Bonchev–Trinajstić information content (AvgIpc) is 2.65. The first-order valence-corrected chi connectivity index (χ1v) is 4.93. The van der Waals surface area contributed by atoms with Crippen LogP contribution in [0.3, 0.4) is 0 Å². The van der Waals surface area contributed by atoms with Crippen molar-refractivity contribution in [3.8, 4) is 0 Å². The molecule has 1 amide bonds. The highest BCUT2D eigenvalue weighted by atomic mass is 16.5. The smallest absolute Gasteiger partial charge is 0.325 e. The van der Waals surface area contributed by atoms with E-state index < -0.39 is 18.1 Å². The Hall–Kier alpha value is -1.14. The minimum absolute atomic E-state index is 0.0825. The summed E-state index contributed by atoms with van der Waals surface area (Å²) in [6.07, 6.45) is 0.706. The molecule has 0 aromatic heterocycles. The third kappa shape index (κ3) is 3.17. The quantitative estimate of drug-likeness (QED) is 0.564. The number of hydrogen-bond donors (Lipinski definition) is 3. The van der Waals surface area contributed by atoms with E-state index in [4.69, 9.17) is 15.6 Å². The Kier molecular flexibility index (Phi) is 4.05. The predicted octanol–water partition coefficient (Wildman–Crippen LogP) is -0.918. The van der Waals surface area contributed by atoms with Gasteiger partial charge in [0.05, 0.1) is 6.10 Å². The summed E-state index contributed by atoms with van der Waals surface area (Å²) in [6, 6.07) is -0.891. The van der Waals surface area contributed by atoms with Crippen LogP contribution >= 0.6 is 0 Å². The normalized spacial score (nSPS) is 27.3. The molecular formula is C9H16N2O4. The van der Waals surface area contributed by atoms with E-state index >= 15 is 0 Å². The van der Waals surface area contributed by atoms with Gasteiger partial charge in [0.15, 0.2) is 0 Å². The number of ether oxygens (including phenoxy) is 1. The van der Waals surface area contributed by atoms with Crippen LogP contribution in [0.15, 0.2) is 0 Å². The van der Waals surface area contributed by atoms with Crippen molar-refractivity contribution in [3.05, 3.63) is 0 Å². The minimum atomic E-state index is -1.06. The Morgan fingerprint density at radius 1 is 1.60 bits per heavy atom. The molecular weight excluding hydrogens is 200 g/mol. The summed E-state index contributed by atoms with van der Waals surface area (Å²) in [5.41, 5.74) is 5.39. The van der Waals surface area contributed by atoms with Gasteiger partial charge >= 0.3 is 5.97 Å². The number of carbonyl (C=O) groups is 2. The van der Waals surface area contributed by atoms with E-state index in [2.05, 4.69) is 5.32 Å². The van der Waals surface area contributed by atoms with Crippen molar-refractivity contribution in [1.29, 1.82) is 0 Å². The molecule has 0 aromatic carbocycles. The van der Waals surface area contributed by atoms with Gasteiger partial charge in [-0.3, -0.25) is 9.59 Å². The number of amides is 1. The SMILES string of the molecule is C[C@H](NC(=O)C1CCC(CN)O1)C(=O)O. The second-order valence-electron chi connectivity index (χ2n) is 3.63. The van der Waals surface area contributed by atoms with Crippen molar-refractivity contribution in [1.82, 2.24) is 5.32 Å². The first kappa shape index (κ1) is 11.9. The molecule has 0 bridgehead atoms. The summed E-state index contributed by atoms with van der Waals surface area (Å²) in [5.74, 6) is -1.43. The number of carboxylic acid groups (broad SMARTS) is 1. The van der Waals surface area contributed by atoms with E-state index in [9.17, 15) is 9.59 Å². The second-order valence-corrected chi connectivity index (χ2v) is 3.63. The Labute approximate surface area is 87.8 Å². The fourth-order valence-corrected chi connectivity index (χ4v) is 1.44. The molecule has 0 saturated carbocycles. The van der Waals surface area contributed by atoms with Crippen LogP contribution < -0.4 is 11.1 Å².